The molecule has 0 spiro atoms. The van der Waals surface area contributed by atoms with Gasteiger partial charge in [-0.1, -0.05) is 54.6 Å². The third-order valence-corrected chi connectivity index (χ3v) is 3.76. The molecule has 0 aliphatic rings. The lowest BCUT2D eigenvalue weighted by atomic mass is 9.96. The van der Waals surface area contributed by atoms with Crippen molar-refractivity contribution in [2.75, 3.05) is 13.2 Å². The predicted octanol–water partition coefficient (Wildman–Crippen LogP) is 3.51. The van der Waals surface area contributed by atoms with Crippen LogP contribution in [0.3, 0.4) is 0 Å². The van der Waals surface area contributed by atoms with E-state index in [0.717, 1.165) is 11.1 Å². The number of rotatable bonds is 8. The van der Waals surface area contributed by atoms with Crippen LogP contribution in [0.15, 0.2) is 60.7 Å². The molecule has 4 heteroatoms. The van der Waals surface area contributed by atoms with Gasteiger partial charge in [0.1, 0.15) is 5.82 Å². The maximum Gasteiger partial charge on any atom is 0.223 e. The summed E-state index contributed by atoms with van der Waals surface area (Å²) in [5, 5.41) is 12.1. The fourth-order valence-corrected chi connectivity index (χ4v) is 2.49. The molecule has 2 aromatic carbocycles. The number of carbonyl (C=O) groups is 1. The van der Waals surface area contributed by atoms with Crippen LogP contribution in [0.25, 0.3) is 6.08 Å². The smallest absolute Gasteiger partial charge is 0.223 e. The van der Waals surface area contributed by atoms with E-state index in [-0.39, 0.29) is 30.7 Å². The van der Waals surface area contributed by atoms with Crippen LogP contribution in [0.1, 0.15) is 29.9 Å². The Bertz CT molecular complexity index is 670. The molecule has 24 heavy (non-hydrogen) atoms. The standard InChI is InChI=1S/C20H22FNO2/c21-19-10-4-6-16(14-19)7-5-11-20(24)22-15-18(12-13-23)17-8-2-1-3-9-17/h1-10,14,18,23H,11-13,15H2,(H,22,24)/b7-5+. The van der Waals surface area contributed by atoms with E-state index in [1.165, 1.54) is 12.1 Å². The average Bonchev–Trinajstić information content (AvgIpc) is 2.59. The van der Waals surface area contributed by atoms with E-state index >= 15 is 0 Å². The molecule has 0 saturated carbocycles. The molecule has 1 atom stereocenters. The zero-order valence-electron chi connectivity index (χ0n) is 13.5. The number of hydrogen-bond acceptors (Lipinski definition) is 2. The molecule has 1 amide bonds. The van der Waals surface area contributed by atoms with Gasteiger partial charge in [-0.3, -0.25) is 4.79 Å². The molecule has 0 radical (unpaired) electrons. The van der Waals surface area contributed by atoms with Crippen LogP contribution in [0.4, 0.5) is 4.39 Å². The molecular weight excluding hydrogens is 305 g/mol. The van der Waals surface area contributed by atoms with Gasteiger partial charge in [-0.25, -0.2) is 4.39 Å². The van der Waals surface area contributed by atoms with E-state index < -0.39 is 0 Å². The molecule has 1 unspecified atom stereocenters. The zero-order valence-corrected chi connectivity index (χ0v) is 13.5. The van der Waals surface area contributed by atoms with Crippen molar-refractivity contribution < 1.29 is 14.3 Å². The molecule has 3 nitrogen and oxygen atoms in total. The number of aliphatic hydroxyl groups is 1. The van der Waals surface area contributed by atoms with Gasteiger partial charge in [-0.15, -0.1) is 0 Å². The second-order valence-electron chi connectivity index (χ2n) is 5.59. The highest BCUT2D eigenvalue weighted by Gasteiger charge is 2.11. The molecule has 0 bridgehead atoms. The Morgan fingerprint density at radius 2 is 1.96 bits per heavy atom. The van der Waals surface area contributed by atoms with E-state index in [1.54, 1.807) is 24.3 Å². The number of hydrogen-bond donors (Lipinski definition) is 2. The fraction of sp³-hybridized carbons (Fsp3) is 0.250. The highest BCUT2D eigenvalue weighted by molar-refractivity contribution is 5.78. The SMILES string of the molecule is O=C(C/C=C/c1cccc(F)c1)NCC(CCO)c1ccccc1. The first-order chi connectivity index (χ1) is 11.7. The molecule has 0 aromatic heterocycles. The maximum absolute atomic E-state index is 13.1. The lowest BCUT2D eigenvalue weighted by Crippen LogP contribution is -2.28. The average molecular weight is 327 g/mol. The van der Waals surface area contributed by atoms with Crippen molar-refractivity contribution in [3.63, 3.8) is 0 Å². The van der Waals surface area contributed by atoms with Gasteiger partial charge in [0, 0.05) is 25.5 Å². The Kier molecular flexibility index (Phi) is 7.18. The number of benzene rings is 2. The van der Waals surface area contributed by atoms with E-state index in [9.17, 15) is 14.3 Å². The van der Waals surface area contributed by atoms with Crippen molar-refractivity contribution in [1.29, 1.82) is 0 Å². The monoisotopic (exact) mass is 327 g/mol. The van der Waals surface area contributed by atoms with Crippen molar-refractivity contribution in [3.05, 3.63) is 77.6 Å². The minimum Gasteiger partial charge on any atom is -0.396 e. The van der Waals surface area contributed by atoms with E-state index in [4.69, 9.17) is 0 Å². The summed E-state index contributed by atoms with van der Waals surface area (Å²) < 4.78 is 13.1. The van der Waals surface area contributed by atoms with Crippen molar-refractivity contribution in [2.45, 2.75) is 18.8 Å². The Hall–Kier alpha value is -2.46. The molecule has 0 saturated heterocycles. The van der Waals surface area contributed by atoms with E-state index in [1.807, 2.05) is 30.3 Å². The van der Waals surface area contributed by atoms with Gasteiger partial charge >= 0.3 is 0 Å². The van der Waals surface area contributed by atoms with Crippen molar-refractivity contribution >= 4 is 12.0 Å². The van der Waals surface area contributed by atoms with Crippen LogP contribution in [-0.4, -0.2) is 24.2 Å². The van der Waals surface area contributed by atoms with Crippen LogP contribution < -0.4 is 5.32 Å². The largest absolute Gasteiger partial charge is 0.396 e. The van der Waals surface area contributed by atoms with Crippen molar-refractivity contribution in [1.82, 2.24) is 5.32 Å². The third kappa shape index (κ3) is 5.97. The first-order valence-corrected chi connectivity index (χ1v) is 8.03. The number of carbonyl (C=O) groups excluding carboxylic acids is 1. The summed E-state index contributed by atoms with van der Waals surface area (Å²) in [6, 6.07) is 16.0. The second-order valence-corrected chi connectivity index (χ2v) is 5.59. The fourth-order valence-electron chi connectivity index (χ4n) is 2.49. The topological polar surface area (TPSA) is 49.3 Å². The van der Waals surface area contributed by atoms with Crippen LogP contribution >= 0.6 is 0 Å². The van der Waals surface area contributed by atoms with Gasteiger partial charge in [0.15, 0.2) is 0 Å². The van der Waals surface area contributed by atoms with Gasteiger partial charge in [0.2, 0.25) is 5.91 Å². The normalized spacial score (nSPS) is 12.2. The lowest BCUT2D eigenvalue weighted by molar-refractivity contribution is -0.120. The molecule has 0 heterocycles. The van der Waals surface area contributed by atoms with Crippen LogP contribution in [0, 0.1) is 5.82 Å². The summed E-state index contributed by atoms with van der Waals surface area (Å²) in [6.07, 6.45) is 4.28. The second kappa shape index (κ2) is 9.63. The van der Waals surface area contributed by atoms with E-state index in [2.05, 4.69) is 5.32 Å². The van der Waals surface area contributed by atoms with Crippen molar-refractivity contribution in [3.8, 4) is 0 Å². The van der Waals surface area contributed by atoms with Gasteiger partial charge in [-0.2, -0.15) is 0 Å². The summed E-state index contributed by atoms with van der Waals surface area (Å²) >= 11 is 0. The molecule has 126 valence electrons. The highest BCUT2D eigenvalue weighted by Crippen LogP contribution is 2.18. The quantitative estimate of drug-likeness (QED) is 0.779. The van der Waals surface area contributed by atoms with E-state index in [0.29, 0.717) is 13.0 Å². The Balaban J connectivity index is 1.83. The van der Waals surface area contributed by atoms with Crippen LogP contribution in [0.5, 0.6) is 0 Å². The first-order valence-electron chi connectivity index (χ1n) is 8.03. The molecule has 0 fully saturated rings. The number of amides is 1. The third-order valence-electron chi connectivity index (χ3n) is 3.76. The summed E-state index contributed by atoms with van der Waals surface area (Å²) in [7, 11) is 0. The molecule has 2 rings (SSSR count). The molecular formula is C20H22FNO2. The van der Waals surface area contributed by atoms with Gasteiger partial charge in [-0.05, 0) is 29.7 Å². The Labute approximate surface area is 141 Å². The van der Waals surface area contributed by atoms with Crippen LogP contribution in [0.2, 0.25) is 0 Å². The first kappa shape index (κ1) is 17.9. The van der Waals surface area contributed by atoms with Gasteiger partial charge in [0.25, 0.3) is 0 Å². The number of nitrogens with one attached hydrogen (secondary N) is 1. The molecule has 2 aromatic rings. The summed E-state index contributed by atoms with van der Waals surface area (Å²) in [5.41, 5.74) is 1.83. The lowest BCUT2D eigenvalue weighted by Gasteiger charge is -2.16. The minimum atomic E-state index is -0.295. The summed E-state index contributed by atoms with van der Waals surface area (Å²) in [5.74, 6) is -0.301. The molecule has 0 aliphatic carbocycles. The van der Waals surface area contributed by atoms with Crippen molar-refractivity contribution in [2.24, 2.45) is 0 Å². The van der Waals surface area contributed by atoms with Gasteiger partial charge in [0.05, 0.1) is 0 Å². The summed E-state index contributed by atoms with van der Waals surface area (Å²) in [6.45, 7) is 0.562. The minimum absolute atomic E-state index is 0.0783. The van der Waals surface area contributed by atoms with Crippen LogP contribution in [-0.2, 0) is 4.79 Å². The Morgan fingerprint density at radius 3 is 2.67 bits per heavy atom. The molecule has 0 aliphatic heterocycles. The predicted molar refractivity (Wildman–Crippen MR) is 93.9 cm³/mol. The number of halogens is 1. The molecule has 2 N–H and O–H groups in total. The van der Waals surface area contributed by atoms with Gasteiger partial charge < -0.3 is 10.4 Å². The number of aliphatic hydroxyl groups excluding tert-OH is 1. The highest BCUT2D eigenvalue weighted by atomic mass is 19.1. The maximum atomic E-state index is 13.1. The Morgan fingerprint density at radius 1 is 1.17 bits per heavy atom. The zero-order chi connectivity index (χ0) is 17.2. The summed E-state index contributed by atoms with van der Waals surface area (Å²) in [4.78, 5) is 11.9.